The molecule has 0 spiro atoms. The molecule has 1 fully saturated rings. The molecule has 1 aliphatic heterocycles. The van der Waals surface area contributed by atoms with Crippen LogP contribution in [0.15, 0.2) is 24.3 Å². The molecule has 3 heterocycles. The number of thiazole rings is 1. The topological polar surface area (TPSA) is 81.2 Å². The van der Waals surface area contributed by atoms with Gasteiger partial charge >= 0.3 is 5.97 Å². The lowest BCUT2D eigenvalue weighted by atomic mass is 9.92. The van der Waals surface area contributed by atoms with Gasteiger partial charge in [0.25, 0.3) is 0 Å². The maximum Gasteiger partial charge on any atom is 0.314 e. The number of piperidine rings is 1. The number of aromatic hydroxyl groups is 1. The van der Waals surface area contributed by atoms with Crippen molar-refractivity contribution in [2.45, 2.75) is 39.7 Å². The highest BCUT2D eigenvalue weighted by atomic mass is 32.1. The van der Waals surface area contributed by atoms with Gasteiger partial charge in [-0.1, -0.05) is 35.6 Å². The van der Waals surface area contributed by atoms with E-state index >= 15 is 0 Å². The molecule has 2 aromatic heterocycles. The summed E-state index contributed by atoms with van der Waals surface area (Å²) >= 11 is 1.47. The summed E-state index contributed by atoms with van der Waals surface area (Å²) in [5.74, 6) is 0.551. The number of fused-ring (bicyclic) bond motifs is 1. The van der Waals surface area contributed by atoms with Crippen LogP contribution in [0.4, 0.5) is 0 Å². The van der Waals surface area contributed by atoms with Gasteiger partial charge in [-0.15, -0.1) is 5.10 Å². The Kier molecular flexibility index (Phi) is 5.56. The Morgan fingerprint density at radius 2 is 2.21 bits per heavy atom. The Balaban J connectivity index is 1.76. The lowest BCUT2D eigenvalue weighted by molar-refractivity contribution is -0.932. The van der Waals surface area contributed by atoms with E-state index in [9.17, 15) is 9.90 Å². The number of aromatic nitrogens is 3. The average Bonchev–Trinajstić information content (AvgIpc) is 3.21. The molecule has 1 aromatic carbocycles. The van der Waals surface area contributed by atoms with Crippen LogP contribution in [0, 0.1) is 19.8 Å². The van der Waals surface area contributed by atoms with E-state index in [0.717, 1.165) is 35.4 Å². The Morgan fingerprint density at radius 3 is 2.93 bits per heavy atom. The number of hydrogen-bond donors (Lipinski definition) is 2. The fourth-order valence-corrected chi connectivity index (χ4v) is 5.49. The molecular weight excluding hydrogens is 388 g/mol. The molecule has 0 radical (unpaired) electrons. The number of esters is 1. The number of benzene rings is 1. The highest BCUT2D eigenvalue weighted by molar-refractivity contribution is 7.17. The maximum atomic E-state index is 12.4. The van der Waals surface area contributed by atoms with E-state index in [0.29, 0.717) is 23.9 Å². The van der Waals surface area contributed by atoms with Crippen molar-refractivity contribution in [1.82, 2.24) is 14.6 Å². The van der Waals surface area contributed by atoms with Crippen LogP contribution >= 0.6 is 11.3 Å². The summed E-state index contributed by atoms with van der Waals surface area (Å²) in [6, 6.07) is 8.17. The van der Waals surface area contributed by atoms with Gasteiger partial charge in [-0.05, 0) is 39.2 Å². The molecule has 1 saturated heterocycles. The maximum absolute atomic E-state index is 12.4. The minimum atomic E-state index is -0.115. The summed E-state index contributed by atoms with van der Waals surface area (Å²) in [4.78, 5) is 19.6. The van der Waals surface area contributed by atoms with Crippen LogP contribution in [-0.4, -0.2) is 45.4 Å². The smallest absolute Gasteiger partial charge is 0.314 e. The highest BCUT2D eigenvalue weighted by Gasteiger charge is 2.39. The number of ether oxygens (including phenoxy) is 1. The van der Waals surface area contributed by atoms with Gasteiger partial charge in [0, 0.05) is 5.56 Å². The van der Waals surface area contributed by atoms with Crippen molar-refractivity contribution < 1.29 is 19.5 Å². The number of aryl methyl sites for hydroxylation is 2. The number of rotatable bonds is 5. The minimum Gasteiger partial charge on any atom is -0.492 e. The average molecular weight is 416 g/mol. The van der Waals surface area contributed by atoms with Crippen LogP contribution in [0.5, 0.6) is 5.88 Å². The summed E-state index contributed by atoms with van der Waals surface area (Å²) < 4.78 is 6.81. The molecule has 7 nitrogen and oxygen atoms in total. The lowest BCUT2D eigenvalue weighted by Gasteiger charge is -2.34. The van der Waals surface area contributed by atoms with Crippen molar-refractivity contribution in [3.8, 4) is 5.88 Å². The van der Waals surface area contributed by atoms with Crippen LogP contribution in [0.2, 0.25) is 0 Å². The Labute approximate surface area is 173 Å². The van der Waals surface area contributed by atoms with Crippen molar-refractivity contribution >= 4 is 22.3 Å². The second kappa shape index (κ2) is 8.12. The summed E-state index contributed by atoms with van der Waals surface area (Å²) in [7, 11) is 0. The van der Waals surface area contributed by atoms with Gasteiger partial charge in [0.1, 0.15) is 16.6 Å². The van der Waals surface area contributed by atoms with E-state index in [1.54, 1.807) is 0 Å². The first-order chi connectivity index (χ1) is 14.0. The van der Waals surface area contributed by atoms with Gasteiger partial charge in [0.05, 0.1) is 19.7 Å². The molecule has 0 amide bonds. The number of hydrogen-bond acceptors (Lipinski definition) is 6. The van der Waals surface area contributed by atoms with Crippen LogP contribution < -0.4 is 4.90 Å². The van der Waals surface area contributed by atoms with Crippen LogP contribution in [0.3, 0.4) is 0 Å². The summed E-state index contributed by atoms with van der Waals surface area (Å²) in [5.41, 5.74) is 2.32. The fraction of sp³-hybridized carbons (Fsp3) is 0.476. The van der Waals surface area contributed by atoms with Crippen LogP contribution in [0.1, 0.15) is 47.6 Å². The van der Waals surface area contributed by atoms with Crippen molar-refractivity contribution in [2.75, 3.05) is 19.7 Å². The minimum absolute atomic E-state index is 0.0813. The number of nitrogens with one attached hydrogen (secondary N) is 1. The molecule has 3 atom stereocenters. The first-order valence-electron chi connectivity index (χ1n) is 10.1. The molecule has 0 saturated carbocycles. The van der Waals surface area contributed by atoms with Gasteiger partial charge in [0.15, 0.2) is 6.04 Å². The van der Waals surface area contributed by atoms with Crippen LogP contribution in [-0.2, 0) is 9.53 Å². The molecule has 1 unspecified atom stereocenters. The third-order valence-electron chi connectivity index (χ3n) is 5.65. The Morgan fingerprint density at radius 1 is 1.41 bits per heavy atom. The second-order valence-electron chi connectivity index (χ2n) is 7.64. The Bertz CT molecular complexity index is 1030. The number of quaternary nitrogens is 1. The zero-order valence-corrected chi connectivity index (χ0v) is 17.8. The molecule has 8 heteroatoms. The second-order valence-corrected chi connectivity index (χ2v) is 8.65. The van der Waals surface area contributed by atoms with E-state index in [4.69, 9.17) is 4.74 Å². The van der Waals surface area contributed by atoms with Gasteiger partial charge < -0.3 is 14.7 Å². The standard InChI is InChI=1S/C21H26N4O3S/c1-4-28-20(27)15-9-7-11-24(12-15)17(16-10-6-5-8-13(16)2)18-19(26)25-21(29-18)22-14(3)23-25/h5-6,8,10,15,17,26H,4,7,9,11-12H2,1-3H3/p+1/t15-,17-/m0/s1. The normalized spacial score (nSPS) is 20.7. The van der Waals surface area contributed by atoms with Crippen molar-refractivity contribution in [1.29, 1.82) is 0 Å². The number of likely N-dealkylation sites (tertiary alicyclic amines) is 1. The first-order valence-corrected chi connectivity index (χ1v) is 10.9. The van der Waals surface area contributed by atoms with Crippen molar-refractivity contribution in [3.63, 3.8) is 0 Å². The van der Waals surface area contributed by atoms with E-state index in [1.165, 1.54) is 20.8 Å². The fourth-order valence-electron chi connectivity index (χ4n) is 4.31. The highest BCUT2D eigenvalue weighted by Crippen LogP contribution is 2.36. The van der Waals surface area contributed by atoms with E-state index in [2.05, 4.69) is 29.1 Å². The number of carbonyl (C=O) groups is 1. The van der Waals surface area contributed by atoms with Crippen molar-refractivity contribution in [3.05, 3.63) is 46.1 Å². The van der Waals surface area contributed by atoms with E-state index in [1.807, 2.05) is 26.0 Å². The molecule has 1 aliphatic rings. The van der Waals surface area contributed by atoms with Gasteiger partial charge in [-0.3, -0.25) is 4.79 Å². The zero-order chi connectivity index (χ0) is 20.5. The Hall–Kier alpha value is -2.45. The van der Waals surface area contributed by atoms with Gasteiger partial charge in [-0.2, -0.15) is 4.52 Å². The zero-order valence-electron chi connectivity index (χ0n) is 17.0. The lowest BCUT2D eigenvalue weighted by Crippen LogP contribution is -3.14. The number of carbonyl (C=O) groups excluding carboxylic acids is 1. The predicted molar refractivity (Wildman–Crippen MR) is 110 cm³/mol. The molecule has 29 heavy (non-hydrogen) atoms. The third-order valence-corrected chi connectivity index (χ3v) is 6.74. The van der Waals surface area contributed by atoms with Gasteiger partial charge in [-0.25, -0.2) is 4.98 Å². The molecule has 2 N–H and O–H groups in total. The van der Waals surface area contributed by atoms with E-state index < -0.39 is 0 Å². The molecule has 0 bridgehead atoms. The SMILES string of the molecule is CCOC(=O)[C@H]1CCC[NH+]([C@@H](c2ccccc2C)c2sc3nc(C)nn3c2O)C1. The third kappa shape index (κ3) is 3.74. The first kappa shape index (κ1) is 19.8. The van der Waals surface area contributed by atoms with E-state index in [-0.39, 0.29) is 23.8 Å². The molecule has 0 aliphatic carbocycles. The quantitative estimate of drug-likeness (QED) is 0.624. The summed E-state index contributed by atoms with van der Waals surface area (Å²) in [6.45, 7) is 7.77. The monoisotopic (exact) mass is 415 g/mol. The largest absolute Gasteiger partial charge is 0.492 e. The van der Waals surface area contributed by atoms with Crippen molar-refractivity contribution in [2.24, 2.45) is 5.92 Å². The summed E-state index contributed by atoms with van der Waals surface area (Å²) in [6.07, 6.45) is 1.80. The molecular formula is C21H27N4O3S+. The molecule has 4 rings (SSSR count). The predicted octanol–water partition coefficient (Wildman–Crippen LogP) is 2.06. The molecule has 3 aromatic rings. The summed E-state index contributed by atoms with van der Waals surface area (Å²) in [5, 5.41) is 15.3. The van der Waals surface area contributed by atoms with Crippen LogP contribution in [0.25, 0.3) is 4.96 Å². The van der Waals surface area contributed by atoms with Gasteiger partial charge in [0.2, 0.25) is 10.8 Å². The molecule has 154 valence electrons. The number of nitrogens with zero attached hydrogens (tertiary/aromatic N) is 3.